The Morgan fingerprint density at radius 1 is 1.09 bits per heavy atom. The Morgan fingerprint density at radius 2 is 1.82 bits per heavy atom. The molecule has 0 saturated heterocycles. The van der Waals surface area contributed by atoms with Crippen LogP contribution in [-0.2, 0) is 9.47 Å². The lowest BCUT2D eigenvalue weighted by molar-refractivity contribution is 0.148. The zero-order valence-electron chi connectivity index (χ0n) is 6.92. The Hall–Kier alpha value is -0.760. The van der Waals surface area contributed by atoms with E-state index in [1.165, 1.54) is 6.26 Å². The van der Waals surface area contributed by atoms with Gasteiger partial charge in [-0.3, -0.25) is 0 Å². The highest BCUT2D eigenvalue weighted by molar-refractivity contribution is 4.63. The van der Waals surface area contributed by atoms with E-state index >= 15 is 0 Å². The van der Waals surface area contributed by atoms with Gasteiger partial charge in [-0.15, -0.1) is 6.58 Å². The third-order valence-electron chi connectivity index (χ3n) is 1.15. The van der Waals surface area contributed by atoms with Gasteiger partial charge in [-0.05, 0) is 12.8 Å². The first kappa shape index (κ1) is 10.2. The molecular weight excluding hydrogens is 140 g/mol. The number of ether oxygens (including phenoxy) is 2. The summed E-state index contributed by atoms with van der Waals surface area (Å²) in [5.41, 5.74) is 0. The first-order valence-corrected chi connectivity index (χ1v) is 3.83. The van der Waals surface area contributed by atoms with Crippen LogP contribution in [0.25, 0.3) is 0 Å². The fourth-order valence-electron chi connectivity index (χ4n) is 0.640. The van der Waals surface area contributed by atoms with E-state index in [1.807, 2.05) is 0 Å². The third kappa shape index (κ3) is 9.24. The van der Waals surface area contributed by atoms with E-state index in [0.717, 1.165) is 26.1 Å². The maximum Gasteiger partial charge on any atom is 0.0873 e. The molecule has 0 unspecified atom stereocenters. The van der Waals surface area contributed by atoms with Gasteiger partial charge < -0.3 is 9.47 Å². The second kappa shape index (κ2) is 9.24. The lowest BCUT2D eigenvalue weighted by atomic mass is 10.3. The first-order valence-electron chi connectivity index (χ1n) is 3.83. The van der Waals surface area contributed by atoms with Crippen molar-refractivity contribution < 1.29 is 9.47 Å². The molecule has 0 amide bonds. The number of unbranched alkanes of at least 4 members (excludes halogenated alkanes) is 1. The predicted octanol–water partition coefficient (Wildman–Crippen LogP) is 2.13. The monoisotopic (exact) mass is 156 g/mol. The van der Waals surface area contributed by atoms with Gasteiger partial charge in [0, 0.05) is 6.61 Å². The van der Waals surface area contributed by atoms with Gasteiger partial charge in [0.1, 0.15) is 0 Å². The summed E-state index contributed by atoms with van der Waals surface area (Å²) >= 11 is 0. The van der Waals surface area contributed by atoms with Gasteiger partial charge >= 0.3 is 0 Å². The van der Waals surface area contributed by atoms with Crippen molar-refractivity contribution in [2.45, 2.75) is 12.8 Å². The number of rotatable bonds is 8. The first-order chi connectivity index (χ1) is 5.41. The van der Waals surface area contributed by atoms with Crippen molar-refractivity contribution >= 4 is 0 Å². The van der Waals surface area contributed by atoms with Crippen LogP contribution in [0.5, 0.6) is 0 Å². The van der Waals surface area contributed by atoms with E-state index < -0.39 is 0 Å². The smallest absolute Gasteiger partial charge is 0.0873 e. The summed E-state index contributed by atoms with van der Waals surface area (Å²) in [6.07, 6.45) is 5.26. The third-order valence-corrected chi connectivity index (χ3v) is 1.15. The van der Waals surface area contributed by atoms with Gasteiger partial charge in [0.05, 0.1) is 19.5 Å². The molecule has 0 aliphatic heterocycles. The van der Waals surface area contributed by atoms with E-state index in [2.05, 4.69) is 13.2 Å². The maximum absolute atomic E-state index is 5.16. The van der Waals surface area contributed by atoms with Crippen LogP contribution in [0, 0.1) is 0 Å². The van der Waals surface area contributed by atoms with Crippen LogP contribution in [0.1, 0.15) is 12.8 Å². The van der Waals surface area contributed by atoms with Crippen molar-refractivity contribution in [3.05, 3.63) is 25.5 Å². The van der Waals surface area contributed by atoms with Crippen LogP contribution >= 0.6 is 0 Å². The molecule has 0 atom stereocenters. The van der Waals surface area contributed by atoms with Gasteiger partial charge in [-0.1, -0.05) is 12.7 Å². The lowest BCUT2D eigenvalue weighted by Crippen LogP contribution is -1.96. The van der Waals surface area contributed by atoms with Gasteiger partial charge in [0.25, 0.3) is 0 Å². The minimum atomic E-state index is 0.641. The molecule has 64 valence electrons. The highest BCUT2D eigenvalue weighted by atomic mass is 16.5. The molecule has 0 aromatic heterocycles. The Balaban J connectivity index is 2.79. The molecule has 0 aromatic rings. The van der Waals surface area contributed by atoms with Crippen molar-refractivity contribution in [1.82, 2.24) is 0 Å². The summed E-state index contributed by atoms with van der Waals surface area (Å²) in [5.74, 6) is 0. The van der Waals surface area contributed by atoms with E-state index in [9.17, 15) is 0 Å². The van der Waals surface area contributed by atoms with Crippen molar-refractivity contribution in [3.8, 4) is 0 Å². The second-order valence-corrected chi connectivity index (χ2v) is 2.11. The predicted molar refractivity (Wildman–Crippen MR) is 46.4 cm³/mol. The minimum Gasteiger partial charge on any atom is -0.502 e. The summed E-state index contributed by atoms with van der Waals surface area (Å²) in [4.78, 5) is 0. The van der Waals surface area contributed by atoms with Crippen LogP contribution < -0.4 is 0 Å². The van der Waals surface area contributed by atoms with Crippen LogP contribution in [0.15, 0.2) is 25.5 Å². The summed E-state index contributed by atoms with van der Waals surface area (Å²) in [5, 5.41) is 0. The summed E-state index contributed by atoms with van der Waals surface area (Å²) in [7, 11) is 0. The summed E-state index contributed by atoms with van der Waals surface area (Å²) < 4.78 is 10.1. The number of hydrogen-bond donors (Lipinski definition) is 0. The van der Waals surface area contributed by atoms with Gasteiger partial charge in [-0.25, -0.2) is 0 Å². The zero-order chi connectivity index (χ0) is 8.36. The zero-order valence-corrected chi connectivity index (χ0v) is 6.92. The maximum atomic E-state index is 5.16. The molecule has 0 fully saturated rings. The molecule has 0 rings (SSSR count). The van der Waals surface area contributed by atoms with Crippen molar-refractivity contribution in [3.63, 3.8) is 0 Å². The van der Waals surface area contributed by atoms with Gasteiger partial charge in [-0.2, -0.15) is 0 Å². The molecule has 0 spiro atoms. The fraction of sp³-hybridized carbons (Fsp3) is 0.556. The Kier molecular flexibility index (Phi) is 8.60. The average molecular weight is 156 g/mol. The normalized spacial score (nSPS) is 9.09. The highest BCUT2D eigenvalue weighted by Crippen LogP contribution is 1.91. The molecule has 2 heteroatoms. The van der Waals surface area contributed by atoms with E-state index in [1.54, 1.807) is 6.08 Å². The van der Waals surface area contributed by atoms with Crippen molar-refractivity contribution in [2.24, 2.45) is 0 Å². The van der Waals surface area contributed by atoms with E-state index in [0.29, 0.717) is 6.61 Å². The van der Waals surface area contributed by atoms with Crippen LogP contribution in [0.3, 0.4) is 0 Å². The van der Waals surface area contributed by atoms with Gasteiger partial charge in [0.2, 0.25) is 0 Å². The SMILES string of the molecule is C=CCOCCCCOC=C. The largest absolute Gasteiger partial charge is 0.502 e. The van der Waals surface area contributed by atoms with Crippen LogP contribution in [0.2, 0.25) is 0 Å². The average Bonchev–Trinajstić information content (AvgIpc) is 2.03. The molecule has 0 radical (unpaired) electrons. The standard InChI is InChI=1S/C9H16O2/c1-3-7-11-9-6-5-8-10-4-2/h3-4H,1-2,5-9H2. The van der Waals surface area contributed by atoms with Crippen LogP contribution in [-0.4, -0.2) is 19.8 Å². The molecule has 11 heavy (non-hydrogen) atoms. The molecule has 2 nitrogen and oxygen atoms in total. The molecule has 0 N–H and O–H groups in total. The second-order valence-electron chi connectivity index (χ2n) is 2.11. The van der Waals surface area contributed by atoms with E-state index in [4.69, 9.17) is 9.47 Å². The molecule has 0 aromatic carbocycles. The highest BCUT2D eigenvalue weighted by Gasteiger charge is 1.86. The fourth-order valence-corrected chi connectivity index (χ4v) is 0.640. The Labute approximate surface area is 68.5 Å². The van der Waals surface area contributed by atoms with E-state index in [-0.39, 0.29) is 0 Å². The Morgan fingerprint density at radius 3 is 2.45 bits per heavy atom. The van der Waals surface area contributed by atoms with Crippen molar-refractivity contribution in [2.75, 3.05) is 19.8 Å². The minimum absolute atomic E-state index is 0.641. The molecule has 0 aliphatic carbocycles. The van der Waals surface area contributed by atoms with Crippen LogP contribution in [0.4, 0.5) is 0 Å². The molecular formula is C9H16O2. The van der Waals surface area contributed by atoms with Crippen molar-refractivity contribution in [1.29, 1.82) is 0 Å². The number of hydrogen-bond acceptors (Lipinski definition) is 2. The summed E-state index contributed by atoms with van der Waals surface area (Å²) in [6, 6.07) is 0. The lowest BCUT2D eigenvalue weighted by Gasteiger charge is -2.00. The molecule has 0 aliphatic rings. The Bertz CT molecular complexity index is 87.7. The molecule has 0 bridgehead atoms. The molecule has 0 heterocycles. The summed E-state index contributed by atoms with van der Waals surface area (Å²) in [6.45, 7) is 9.15. The molecule has 0 saturated carbocycles. The van der Waals surface area contributed by atoms with Gasteiger partial charge in [0.15, 0.2) is 0 Å². The quantitative estimate of drug-likeness (QED) is 0.304. The topological polar surface area (TPSA) is 18.5 Å².